The highest BCUT2D eigenvalue weighted by atomic mass is 79.9. The van der Waals surface area contributed by atoms with Crippen LogP contribution in [0.15, 0.2) is 54.6 Å². The van der Waals surface area contributed by atoms with E-state index in [2.05, 4.69) is 53.1 Å². The van der Waals surface area contributed by atoms with E-state index in [9.17, 15) is 4.79 Å². The highest BCUT2D eigenvalue weighted by Crippen LogP contribution is 2.22. The van der Waals surface area contributed by atoms with Gasteiger partial charge in [0.1, 0.15) is 10.5 Å². The van der Waals surface area contributed by atoms with Gasteiger partial charge >= 0.3 is 0 Å². The van der Waals surface area contributed by atoms with Gasteiger partial charge in [-0.2, -0.15) is 4.57 Å². The predicted octanol–water partition coefficient (Wildman–Crippen LogP) is 0.763. The van der Waals surface area contributed by atoms with E-state index in [-0.39, 0.29) is 22.8 Å². The summed E-state index contributed by atoms with van der Waals surface area (Å²) in [4.78, 5) is 11.3. The molecule has 0 aliphatic heterocycles. The van der Waals surface area contributed by atoms with E-state index in [0.29, 0.717) is 6.42 Å². The van der Waals surface area contributed by atoms with Crippen molar-refractivity contribution >= 4 is 27.3 Å². The lowest BCUT2D eigenvalue weighted by molar-refractivity contribution is -0.672. The van der Waals surface area contributed by atoms with Crippen molar-refractivity contribution in [3.05, 3.63) is 65.2 Å². The summed E-state index contributed by atoms with van der Waals surface area (Å²) in [5, 5.41) is 1.31. The molecule has 0 spiro atoms. The van der Waals surface area contributed by atoms with Crippen LogP contribution in [0.2, 0.25) is 0 Å². The average Bonchev–Trinajstić information content (AvgIpc) is 2.83. The Morgan fingerprint density at radius 3 is 2.45 bits per heavy atom. The highest BCUT2D eigenvalue weighted by molar-refractivity contribution is 7.18. The molecule has 114 valence electrons. The standard InChI is InChI=1S/C18H18NOS.BrH/c1-14(20)11-12-19-16-9-5-6-10-17(16)21-18(19)13-15-7-3-2-4-8-15;/h2-10H,11-13H2,1H3;1H/q+1;/p-1. The molecule has 0 aliphatic carbocycles. The number of hydrogen-bond donors (Lipinski definition) is 0. The number of rotatable bonds is 5. The van der Waals surface area contributed by atoms with Crippen LogP contribution in [0.3, 0.4) is 0 Å². The molecule has 0 fully saturated rings. The van der Waals surface area contributed by atoms with Crippen LogP contribution in [0.5, 0.6) is 0 Å². The van der Waals surface area contributed by atoms with Crippen molar-refractivity contribution in [2.75, 3.05) is 0 Å². The molecule has 0 amide bonds. The van der Waals surface area contributed by atoms with E-state index in [1.54, 1.807) is 6.92 Å². The third-order valence-electron chi connectivity index (χ3n) is 3.57. The average molecular weight is 376 g/mol. The Kier molecular flexibility index (Phi) is 5.86. The molecule has 2 nitrogen and oxygen atoms in total. The van der Waals surface area contributed by atoms with Crippen LogP contribution in [0.4, 0.5) is 0 Å². The smallest absolute Gasteiger partial charge is 0.242 e. The lowest BCUT2D eigenvalue weighted by atomic mass is 10.1. The minimum atomic E-state index is 0. The topological polar surface area (TPSA) is 20.9 Å². The summed E-state index contributed by atoms with van der Waals surface area (Å²) in [5.74, 6) is 0.239. The zero-order valence-electron chi connectivity index (χ0n) is 12.5. The molecule has 1 heterocycles. The molecule has 1 aromatic heterocycles. The summed E-state index contributed by atoms with van der Waals surface area (Å²) in [6, 6.07) is 18.9. The third-order valence-corrected chi connectivity index (χ3v) is 4.74. The van der Waals surface area contributed by atoms with Crippen molar-refractivity contribution in [1.29, 1.82) is 0 Å². The number of benzene rings is 2. The SMILES string of the molecule is CC(=O)CC[n+]1c(Cc2ccccc2)sc2ccccc21.[Br-]. The van der Waals surface area contributed by atoms with Gasteiger partial charge < -0.3 is 17.0 Å². The van der Waals surface area contributed by atoms with Crippen molar-refractivity contribution in [1.82, 2.24) is 0 Å². The van der Waals surface area contributed by atoms with Gasteiger partial charge in [-0.05, 0) is 18.6 Å². The van der Waals surface area contributed by atoms with Crippen LogP contribution >= 0.6 is 11.3 Å². The molecular formula is C18H18BrNOS. The summed E-state index contributed by atoms with van der Waals surface area (Å²) in [7, 11) is 0. The zero-order valence-corrected chi connectivity index (χ0v) is 14.9. The fourth-order valence-corrected chi connectivity index (χ4v) is 3.72. The second-order valence-electron chi connectivity index (χ2n) is 5.23. The van der Waals surface area contributed by atoms with Crippen molar-refractivity contribution in [2.24, 2.45) is 0 Å². The fraction of sp³-hybridized carbons (Fsp3) is 0.222. The van der Waals surface area contributed by atoms with Crippen LogP contribution in [-0.4, -0.2) is 5.78 Å². The number of aromatic nitrogens is 1. The van der Waals surface area contributed by atoms with Gasteiger partial charge in [0.25, 0.3) is 0 Å². The third kappa shape index (κ3) is 3.81. The Morgan fingerprint density at radius 1 is 1.05 bits per heavy atom. The van der Waals surface area contributed by atoms with Crippen molar-refractivity contribution in [3.8, 4) is 0 Å². The molecule has 0 saturated carbocycles. The van der Waals surface area contributed by atoms with Gasteiger partial charge in [0.05, 0.1) is 12.8 Å². The fourth-order valence-electron chi connectivity index (χ4n) is 2.50. The molecule has 4 heteroatoms. The van der Waals surface area contributed by atoms with Gasteiger partial charge in [-0.15, -0.1) is 0 Å². The van der Waals surface area contributed by atoms with Crippen molar-refractivity contribution in [2.45, 2.75) is 26.3 Å². The highest BCUT2D eigenvalue weighted by Gasteiger charge is 2.20. The molecule has 0 N–H and O–H groups in total. The number of fused-ring (bicyclic) bond motifs is 1. The van der Waals surface area contributed by atoms with Crippen molar-refractivity contribution < 1.29 is 26.3 Å². The van der Waals surface area contributed by atoms with Crippen LogP contribution in [0.1, 0.15) is 23.9 Å². The maximum atomic E-state index is 11.3. The number of hydrogen-bond acceptors (Lipinski definition) is 2. The summed E-state index contributed by atoms with van der Waals surface area (Å²) in [5.41, 5.74) is 2.54. The van der Waals surface area contributed by atoms with E-state index in [0.717, 1.165) is 13.0 Å². The van der Waals surface area contributed by atoms with E-state index in [1.807, 2.05) is 17.4 Å². The van der Waals surface area contributed by atoms with E-state index in [1.165, 1.54) is 20.8 Å². The Bertz CT molecular complexity index is 767. The number of halogens is 1. The van der Waals surface area contributed by atoms with Crippen LogP contribution in [-0.2, 0) is 17.8 Å². The summed E-state index contributed by atoms with van der Waals surface area (Å²) in [6.45, 7) is 2.42. The monoisotopic (exact) mass is 375 g/mol. The Hall–Kier alpha value is -1.52. The van der Waals surface area contributed by atoms with Crippen molar-refractivity contribution in [3.63, 3.8) is 0 Å². The molecule has 0 atom stereocenters. The Morgan fingerprint density at radius 2 is 1.73 bits per heavy atom. The number of ketones is 1. The van der Waals surface area contributed by atoms with Crippen LogP contribution in [0.25, 0.3) is 10.2 Å². The molecule has 0 radical (unpaired) electrons. The maximum Gasteiger partial charge on any atom is 0.242 e. The minimum absolute atomic E-state index is 0. The minimum Gasteiger partial charge on any atom is -1.00 e. The first kappa shape index (κ1) is 16.8. The number of Topliss-reactive ketones (excluding diaryl/α,β-unsaturated/α-hetero) is 1. The summed E-state index contributed by atoms with van der Waals surface area (Å²) >= 11 is 1.82. The lowest BCUT2D eigenvalue weighted by Gasteiger charge is -1.99. The lowest BCUT2D eigenvalue weighted by Crippen LogP contribution is -3.00. The normalized spacial score (nSPS) is 10.4. The molecule has 0 bridgehead atoms. The Balaban J connectivity index is 0.00000176. The molecule has 0 unspecified atom stereocenters. The first-order valence-corrected chi connectivity index (χ1v) is 7.99. The number of carbonyl (C=O) groups excluding carboxylic acids is 1. The number of carbonyl (C=O) groups is 1. The maximum absolute atomic E-state index is 11.3. The molecule has 0 saturated heterocycles. The first-order valence-electron chi connectivity index (χ1n) is 7.17. The van der Waals surface area contributed by atoms with Gasteiger partial charge in [0.15, 0.2) is 6.54 Å². The van der Waals surface area contributed by atoms with E-state index < -0.39 is 0 Å². The number of para-hydroxylation sites is 1. The number of nitrogens with zero attached hydrogens (tertiary/aromatic N) is 1. The van der Waals surface area contributed by atoms with Gasteiger partial charge in [-0.25, -0.2) is 0 Å². The molecule has 22 heavy (non-hydrogen) atoms. The van der Waals surface area contributed by atoms with E-state index in [4.69, 9.17) is 0 Å². The molecular weight excluding hydrogens is 358 g/mol. The first-order chi connectivity index (χ1) is 10.2. The summed E-state index contributed by atoms with van der Waals surface area (Å²) < 4.78 is 3.58. The van der Waals surface area contributed by atoms with Gasteiger partial charge in [0.2, 0.25) is 10.5 Å². The summed E-state index contributed by atoms with van der Waals surface area (Å²) in [6.07, 6.45) is 1.51. The van der Waals surface area contributed by atoms with Gasteiger partial charge in [-0.1, -0.05) is 53.8 Å². The predicted molar refractivity (Wildman–Crippen MR) is 86.6 cm³/mol. The second-order valence-corrected chi connectivity index (χ2v) is 6.34. The molecule has 0 aliphatic rings. The zero-order chi connectivity index (χ0) is 14.7. The molecule has 3 rings (SSSR count). The van der Waals surface area contributed by atoms with Gasteiger partial charge in [-0.3, -0.25) is 4.79 Å². The number of aryl methyl sites for hydroxylation is 1. The molecule has 3 aromatic rings. The van der Waals surface area contributed by atoms with E-state index >= 15 is 0 Å². The van der Waals surface area contributed by atoms with Gasteiger partial charge in [0, 0.05) is 6.07 Å². The largest absolute Gasteiger partial charge is 1.00 e. The second kappa shape index (κ2) is 7.65. The number of thiazole rings is 1. The molecule has 2 aromatic carbocycles. The van der Waals surface area contributed by atoms with Crippen LogP contribution in [0, 0.1) is 0 Å². The van der Waals surface area contributed by atoms with Crippen LogP contribution < -0.4 is 21.5 Å². The quantitative estimate of drug-likeness (QED) is 0.603. The Labute approximate surface area is 145 Å².